The van der Waals surface area contributed by atoms with Crippen LogP contribution in [-0.4, -0.2) is 33.7 Å². The fourth-order valence-electron chi connectivity index (χ4n) is 2.96. The van der Waals surface area contributed by atoms with Gasteiger partial charge in [0.15, 0.2) is 5.69 Å². The fraction of sp³-hybridized carbons (Fsp3) is 0.375. The molecule has 0 radical (unpaired) electrons. The van der Waals surface area contributed by atoms with Crippen LogP contribution in [0.1, 0.15) is 34.2 Å². The molecular weight excluding hydrogens is 314 g/mol. The van der Waals surface area contributed by atoms with Crippen molar-refractivity contribution in [3.8, 4) is 0 Å². The topological polar surface area (TPSA) is 76.2 Å². The van der Waals surface area contributed by atoms with E-state index in [2.05, 4.69) is 22.3 Å². The third-order valence-corrected chi connectivity index (χ3v) is 4.50. The molecule has 0 atom stereocenters. The van der Waals surface area contributed by atoms with E-state index in [1.54, 1.807) is 0 Å². The van der Waals surface area contributed by atoms with Crippen LogP contribution < -0.4 is 11.3 Å². The first-order valence-corrected chi connectivity index (χ1v) is 8.06. The molecule has 1 aliphatic rings. The largest absolute Gasteiger partial charge is 0.299 e. The van der Waals surface area contributed by atoms with Crippen LogP contribution in [0.3, 0.4) is 0 Å². The van der Waals surface area contributed by atoms with Crippen molar-refractivity contribution >= 4 is 17.5 Å². The summed E-state index contributed by atoms with van der Waals surface area (Å²) >= 11 is 5.93. The number of hydrogen-bond acceptors (Lipinski definition) is 4. The minimum absolute atomic E-state index is 0.339. The molecule has 1 aromatic carbocycles. The molecule has 0 unspecified atom stereocenters. The van der Waals surface area contributed by atoms with E-state index in [9.17, 15) is 4.79 Å². The fourth-order valence-corrected chi connectivity index (χ4v) is 3.09. The Morgan fingerprint density at radius 2 is 2.13 bits per heavy atom. The van der Waals surface area contributed by atoms with Crippen LogP contribution in [0.15, 0.2) is 24.3 Å². The van der Waals surface area contributed by atoms with Crippen LogP contribution in [0.5, 0.6) is 0 Å². The van der Waals surface area contributed by atoms with Gasteiger partial charge < -0.3 is 0 Å². The van der Waals surface area contributed by atoms with Gasteiger partial charge >= 0.3 is 0 Å². The summed E-state index contributed by atoms with van der Waals surface area (Å²) in [7, 11) is 0. The molecule has 0 saturated carbocycles. The van der Waals surface area contributed by atoms with Gasteiger partial charge in [-0.3, -0.25) is 19.8 Å². The predicted molar refractivity (Wildman–Crippen MR) is 89.1 cm³/mol. The molecule has 2 aromatic rings. The number of nitrogen functional groups attached to an aromatic ring is 1. The summed E-state index contributed by atoms with van der Waals surface area (Å²) in [5.41, 5.74) is 5.81. The number of likely N-dealkylation sites (N-methyl/N-ethyl adjacent to an activating group) is 1. The number of aromatic nitrogens is 2. The number of amides is 1. The summed E-state index contributed by atoms with van der Waals surface area (Å²) in [4.78, 5) is 14.3. The van der Waals surface area contributed by atoms with Gasteiger partial charge in [0.2, 0.25) is 0 Å². The van der Waals surface area contributed by atoms with E-state index < -0.39 is 0 Å². The van der Waals surface area contributed by atoms with Gasteiger partial charge in [-0.2, -0.15) is 5.10 Å². The first-order chi connectivity index (χ1) is 11.1. The molecule has 122 valence electrons. The van der Waals surface area contributed by atoms with Gasteiger partial charge in [-0.25, -0.2) is 5.84 Å². The summed E-state index contributed by atoms with van der Waals surface area (Å²) < 4.78 is 1.91. The van der Waals surface area contributed by atoms with Gasteiger partial charge in [-0.15, -0.1) is 0 Å². The predicted octanol–water partition coefficient (Wildman–Crippen LogP) is 1.57. The number of carbonyl (C=O) groups is 1. The number of carbonyl (C=O) groups excluding carboxylic acids is 1. The lowest BCUT2D eigenvalue weighted by atomic mass is 10.0. The molecule has 23 heavy (non-hydrogen) atoms. The zero-order valence-electron chi connectivity index (χ0n) is 13.1. The minimum Gasteiger partial charge on any atom is -0.299 e. The van der Waals surface area contributed by atoms with E-state index >= 15 is 0 Å². The summed E-state index contributed by atoms with van der Waals surface area (Å²) in [6.45, 7) is 5.38. The second-order valence-corrected chi connectivity index (χ2v) is 6.09. The van der Waals surface area contributed by atoms with Crippen molar-refractivity contribution in [2.24, 2.45) is 5.84 Å². The highest BCUT2D eigenvalue weighted by Crippen LogP contribution is 2.23. The highest BCUT2D eigenvalue weighted by atomic mass is 35.5. The van der Waals surface area contributed by atoms with Crippen LogP contribution >= 0.6 is 11.6 Å². The Labute approximate surface area is 140 Å². The third kappa shape index (κ3) is 3.24. The molecule has 2 heterocycles. The van der Waals surface area contributed by atoms with Crippen molar-refractivity contribution in [1.82, 2.24) is 20.1 Å². The Hall–Kier alpha value is -1.89. The Morgan fingerprint density at radius 3 is 2.78 bits per heavy atom. The van der Waals surface area contributed by atoms with Crippen molar-refractivity contribution in [2.45, 2.75) is 26.4 Å². The molecule has 1 amide bonds. The third-order valence-electron chi connectivity index (χ3n) is 4.25. The van der Waals surface area contributed by atoms with Gasteiger partial charge in [-0.1, -0.05) is 30.7 Å². The SMILES string of the molecule is CCN1CCc2c(c(C(=O)NN)nn2Cc2ccc(Cl)cc2)C1. The van der Waals surface area contributed by atoms with Crippen LogP contribution in [0, 0.1) is 0 Å². The molecule has 0 spiro atoms. The lowest BCUT2D eigenvalue weighted by Crippen LogP contribution is -2.34. The lowest BCUT2D eigenvalue weighted by Gasteiger charge is -2.26. The van der Waals surface area contributed by atoms with Crippen molar-refractivity contribution in [3.63, 3.8) is 0 Å². The molecule has 1 aromatic heterocycles. The maximum atomic E-state index is 12.0. The maximum Gasteiger partial charge on any atom is 0.286 e. The monoisotopic (exact) mass is 333 g/mol. The number of halogens is 1. The van der Waals surface area contributed by atoms with Crippen molar-refractivity contribution in [1.29, 1.82) is 0 Å². The highest BCUT2D eigenvalue weighted by Gasteiger charge is 2.27. The van der Waals surface area contributed by atoms with E-state index in [4.69, 9.17) is 17.4 Å². The number of hydrazine groups is 1. The van der Waals surface area contributed by atoms with E-state index in [-0.39, 0.29) is 5.91 Å². The van der Waals surface area contributed by atoms with Crippen LogP contribution in [0.2, 0.25) is 5.02 Å². The number of benzene rings is 1. The van der Waals surface area contributed by atoms with Crippen LogP contribution in [-0.2, 0) is 19.5 Å². The van der Waals surface area contributed by atoms with Crippen LogP contribution in [0.25, 0.3) is 0 Å². The van der Waals surface area contributed by atoms with E-state index in [0.29, 0.717) is 17.3 Å². The minimum atomic E-state index is -0.339. The number of nitrogens with zero attached hydrogens (tertiary/aromatic N) is 3. The molecule has 1 aliphatic heterocycles. The molecule has 6 nitrogen and oxygen atoms in total. The van der Waals surface area contributed by atoms with E-state index in [1.165, 1.54) is 0 Å². The van der Waals surface area contributed by atoms with E-state index in [0.717, 1.165) is 42.9 Å². The van der Waals surface area contributed by atoms with Gasteiger partial charge in [-0.05, 0) is 24.2 Å². The van der Waals surface area contributed by atoms with Gasteiger partial charge in [0.25, 0.3) is 5.91 Å². The zero-order chi connectivity index (χ0) is 16.4. The van der Waals surface area contributed by atoms with Gasteiger partial charge in [0, 0.05) is 35.8 Å². The zero-order valence-corrected chi connectivity index (χ0v) is 13.8. The quantitative estimate of drug-likeness (QED) is 0.506. The summed E-state index contributed by atoms with van der Waals surface area (Å²) in [6.07, 6.45) is 0.877. The lowest BCUT2D eigenvalue weighted by molar-refractivity contribution is 0.0945. The number of nitrogens with two attached hydrogens (primary N) is 1. The van der Waals surface area contributed by atoms with Crippen LogP contribution in [0.4, 0.5) is 0 Å². The average molecular weight is 334 g/mol. The molecule has 7 heteroatoms. The van der Waals surface area contributed by atoms with Gasteiger partial charge in [0.05, 0.1) is 6.54 Å². The van der Waals surface area contributed by atoms with Crippen molar-refractivity contribution in [2.75, 3.05) is 13.1 Å². The maximum absolute atomic E-state index is 12.0. The highest BCUT2D eigenvalue weighted by molar-refractivity contribution is 6.30. The molecule has 0 saturated heterocycles. The molecule has 0 aliphatic carbocycles. The molecule has 3 N–H and O–H groups in total. The first-order valence-electron chi connectivity index (χ1n) is 7.68. The first kappa shape index (κ1) is 16.0. The number of fused-ring (bicyclic) bond motifs is 1. The standard InChI is InChI=1S/C16H20ClN5O/c1-2-21-8-7-14-13(10-21)15(16(23)19-18)20-22(14)9-11-3-5-12(17)6-4-11/h3-6H,2,7-10,18H2,1H3,(H,19,23). The molecule has 0 bridgehead atoms. The second-order valence-electron chi connectivity index (χ2n) is 5.65. The Morgan fingerprint density at radius 1 is 1.39 bits per heavy atom. The Bertz CT molecular complexity index is 710. The summed E-state index contributed by atoms with van der Waals surface area (Å²) in [5, 5.41) is 5.22. The molecular formula is C16H20ClN5O. The Kier molecular flexibility index (Phi) is 4.66. The summed E-state index contributed by atoms with van der Waals surface area (Å²) in [5.74, 6) is 4.97. The van der Waals surface area contributed by atoms with Gasteiger partial charge in [0.1, 0.15) is 0 Å². The molecule has 3 rings (SSSR count). The smallest absolute Gasteiger partial charge is 0.286 e. The number of hydrogen-bond donors (Lipinski definition) is 2. The Balaban J connectivity index is 1.96. The number of nitrogens with one attached hydrogen (secondary N) is 1. The summed E-state index contributed by atoms with van der Waals surface area (Å²) in [6, 6.07) is 7.67. The number of rotatable bonds is 4. The van der Waals surface area contributed by atoms with Crippen molar-refractivity contribution < 1.29 is 4.79 Å². The second kappa shape index (κ2) is 6.70. The van der Waals surface area contributed by atoms with Crippen molar-refractivity contribution in [3.05, 3.63) is 51.8 Å². The average Bonchev–Trinajstić information content (AvgIpc) is 2.94. The normalized spacial score (nSPS) is 14.6. The molecule has 0 fully saturated rings. The van der Waals surface area contributed by atoms with E-state index in [1.807, 2.05) is 28.9 Å².